The van der Waals surface area contributed by atoms with Gasteiger partial charge in [-0.1, -0.05) is 15.9 Å². The van der Waals surface area contributed by atoms with Crippen molar-refractivity contribution in [3.8, 4) is 0 Å². The van der Waals surface area contributed by atoms with Crippen molar-refractivity contribution in [2.24, 2.45) is 0 Å². The number of carbonyl (C=O) groups is 1. The number of aromatic amines is 1. The Morgan fingerprint density at radius 2 is 2.05 bits per heavy atom. The second-order valence-electron chi connectivity index (χ2n) is 3.69. The van der Waals surface area contributed by atoms with E-state index in [2.05, 4.69) is 20.9 Å². The van der Waals surface area contributed by atoms with Gasteiger partial charge in [-0.25, -0.2) is 0 Å². The molecule has 0 atom stereocenters. The van der Waals surface area contributed by atoms with Gasteiger partial charge < -0.3 is 4.98 Å². The van der Waals surface area contributed by atoms with Crippen LogP contribution in [0.2, 0.25) is 0 Å². The molecule has 0 unspecified atom stereocenters. The van der Waals surface area contributed by atoms with Crippen molar-refractivity contribution in [3.63, 3.8) is 0 Å². The number of nitro groups is 1. The second-order valence-corrected chi connectivity index (χ2v) is 5.66. The average molecular weight is 341 g/mol. The Labute approximate surface area is 121 Å². The molecular formula is C12H9BrN2O3S. The number of halogens is 1. The molecule has 0 aliphatic heterocycles. The molecule has 0 radical (unpaired) electrons. The number of Topliss-reactive ketones (excluding diaryl/α,β-unsaturated/α-hetero) is 1. The molecule has 1 aromatic carbocycles. The number of ketones is 1. The highest BCUT2D eigenvalue weighted by atomic mass is 79.9. The van der Waals surface area contributed by atoms with Crippen LogP contribution < -0.4 is 0 Å². The first-order chi connectivity index (χ1) is 9.06. The van der Waals surface area contributed by atoms with Gasteiger partial charge in [-0.2, -0.15) is 0 Å². The Balaban J connectivity index is 1.97. The highest BCUT2D eigenvalue weighted by Gasteiger charge is 2.14. The van der Waals surface area contributed by atoms with Gasteiger partial charge in [-0.3, -0.25) is 14.9 Å². The molecule has 0 saturated heterocycles. The molecule has 19 heavy (non-hydrogen) atoms. The largest absolute Gasteiger partial charge is 0.353 e. The third-order valence-corrected chi connectivity index (χ3v) is 3.90. The Morgan fingerprint density at radius 3 is 2.63 bits per heavy atom. The van der Waals surface area contributed by atoms with E-state index in [-0.39, 0.29) is 22.9 Å². The first-order valence-corrected chi connectivity index (χ1v) is 7.08. The monoisotopic (exact) mass is 340 g/mol. The third kappa shape index (κ3) is 3.68. The molecule has 98 valence electrons. The van der Waals surface area contributed by atoms with E-state index in [4.69, 9.17) is 0 Å². The van der Waals surface area contributed by atoms with Crippen LogP contribution in [0.5, 0.6) is 0 Å². The number of thioether (sulfide) groups is 1. The molecule has 5 nitrogen and oxygen atoms in total. The number of nitrogens with one attached hydrogen (secondary N) is 1. The maximum atomic E-state index is 11.8. The van der Waals surface area contributed by atoms with E-state index >= 15 is 0 Å². The molecule has 0 saturated carbocycles. The molecule has 0 aliphatic rings. The number of aromatic nitrogens is 1. The number of rotatable bonds is 5. The molecule has 0 aliphatic carbocycles. The zero-order chi connectivity index (χ0) is 13.8. The number of carbonyl (C=O) groups excluding carboxylic acids is 1. The summed E-state index contributed by atoms with van der Waals surface area (Å²) in [4.78, 5) is 25.4. The van der Waals surface area contributed by atoms with Crippen molar-refractivity contribution in [3.05, 3.63) is 56.8 Å². The molecule has 1 heterocycles. The van der Waals surface area contributed by atoms with Gasteiger partial charge in [-0.05, 0) is 24.3 Å². The van der Waals surface area contributed by atoms with Gasteiger partial charge in [0.05, 0.1) is 22.6 Å². The molecule has 0 fully saturated rings. The lowest BCUT2D eigenvalue weighted by atomic mass is 10.3. The standard InChI is InChI=1S/C12H9BrN2O3S/c13-8-1-3-10(4-2-8)19-7-12(16)11-5-9(6-14-11)15(17)18/h1-6,14H,7H2. The minimum atomic E-state index is -0.533. The van der Waals surface area contributed by atoms with Gasteiger partial charge in [0.2, 0.25) is 0 Å². The fourth-order valence-corrected chi connectivity index (χ4v) is 2.45. The van der Waals surface area contributed by atoms with E-state index in [1.807, 2.05) is 24.3 Å². The van der Waals surface area contributed by atoms with E-state index in [0.29, 0.717) is 0 Å². The Hall–Kier alpha value is -1.60. The van der Waals surface area contributed by atoms with Crippen molar-refractivity contribution in [2.75, 3.05) is 5.75 Å². The van der Waals surface area contributed by atoms with Gasteiger partial charge in [0.25, 0.3) is 5.69 Å². The lowest BCUT2D eigenvalue weighted by molar-refractivity contribution is -0.384. The molecule has 0 bridgehead atoms. The zero-order valence-electron chi connectivity index (χ0n) is 9.63. The molecular weight excluding hydrogens is 332 g/mol. The van der Waals surface area contributed by atoms with Crippen LogP contribution in [0, 0.1) is 10.1 Å². The zero-order valence-corrected chi connectivity index (χ0v) is 12.0. The van der Waals surface area contributed by atoms with Crippen LogP contribution in [-0.2, 0) is 0 Å². The number of nitrogens with zero attached hydrogens (tertiary/aromatic N) is 1. The van der Waals surface area contributed by atoms with Crippen LogP contribution in [0.15, 0.2) is 45.9 Å². The van der Waals surface area contributed by atoms with Gasteiger partial charge in [-0.15, -0.1) is 11.8 Å². The first kappa shape index (κ1) is 13.8. The molecule has 0 spiro atoms. The van der Waals surface area contributed by atoms with Gasteiger partial charge >= 0.3 is 0 Å². The van der Waals surface area contributed by atoms with Crippen molar-refractivity contribution in [1.82, 2.24) is 4.98 Å². The molecule has 7 heteroatoms. The van der Waals surface area contributed by atoms with E-state index in [1.54, 1.807) is 0 Å². The molecule has 0 amide bonds. The highest BCUT2D eigenvalue weighted by Crippen LogP contribution is 2.22. The van der Waals surface area contributed by atoms with Crippen molar-refractivity contribution in [2.45, 2.75) is 4.90 Å². The Morgan fingerprint density at radius 1 is 1.37 bits per heavy atom. The van der Waals surface area contributed by atoms with Crippen molar-refractivity contribution >= 4 is 39.2 Å². The molecule has 1 N–H and O–H groups in total. The normalized spacial score (nSPS) is 10.4. The maximum Gasteiger partial charge on any atom is 0.287 e. The van der Waals surface area contributed by atoms with Crippen molar-refractivity contribution < 1.29 is 9.72 Å². The van der Waals surface area contributed by atoms with Gasteiger partial charge in [0, 0.05) is 15.4 Å². The molecule has 1 aromatic heterocycles. The Kier molecular flexibility index (Phi) is 4.39. The van der Waals surface area contributed by atoms with Crippen LogP contribution in [-0.4, -0.2) is 21.4 Å². The van der Waals surface area contributed by atoms with Crippen molar-refractivity contribution in [1.29, 1.82) is 0 Å². The molecule has 2 aromatic rings. The van der Waals surface area contributed by atoms with E-state index in [9.17, 15) is 14.9 Å². The smallest absolute Gasteiger partial charge is 0.287 e. The summed E-state index contributed by atoms with van der Waals surface area (Å²) in [6, 6.07) is 8.85. The van der Waals surface area contributed by atoms with Crippen LogP contribution in [0.3, 0.4) is 0 Å². The predicted octanol–water partition coefficient (Wildman–Crippen LogP) is 3.66. The predicted molar refractivity (Wildman–Crippen MR) is 76.6 cm³/mol. The summed E-state index contributed by atoms with van der Waals surface area (Å²) < 4.78 is 0.975. The fraction of sp³-hybridized carbons (Fsp3) is 0.0833. The summed E-state index contributed by atoms with van der Waals surface area (Å²) in [6.45, 7) is 0. The van der Waals surface area contributed by atoms with Crippen LogP contribution >= 0.6 is 27.7 Å². The van der Waals surface area contributed by atoms with E-state index in [0.717, 1.165) is 9.37 Å². The van der Waals surface area contributed by atoms with Gasteiger partial charge in [0.1, 0.15) is 0 Å². The highest BCUT2D eigenvalue weighted by molar-refractivity contribution is 9.10. The summed E-state index contributed by atoms with van der Waals surface area (Å²) in [5, 5.41) is 10.5. The first-order valence-electron chi connectivity index (χ1n) is 5.30. The molecule has 2 rings (SSSR count). The van der Waals surface area contributed by atoms with Crippen LogP contribution in [0.4, 0.5) is 5.69 Å². The van der Waals surface area contributed by atoms with Crippen LogP contribution in [0.25, 0.3) is 0 Å². The quantitative estimate of drug-likeness (QED) is 0.390. The number of benzene rings is 1. The number of hydrogen-bond donors (Lipinski definition) is 1. The summed E-state index contributed by atoms with van der Waals surface area (Å²) in [6.07, 6.45) is 1.22. The summed E-state index contributed by atoms with van der Waals surface area (Å²) in [5.74, 6) is 0.0697. The summed E-state index contributed by atoms with van der Waals surface area (Å²) in [5.41, 5.74) is 0.160. The fourth-order valence-electron chi connectivity index (χ4n) is 1.41. The van der Waals surface area contributed by atoms with Crippen LogP contribution in [0.1, 0.15) is 10.5 Å². The average Bonchev–Trinajstić information content (AvgIpc) is 2.87. The SMILES string of the molecule is O=C(CSc1ccc(Br)cc1)c1cc([N+](=O)[O-])c[nH]1. The minimum absolute atomic E-state index is 0.100. The lowest BCUT2D eigenvalue weighted by Gasteiger charge is -2.00. The van der Waals surface area contributed by atoms with E-state index in [1.165, 1.54) is 24.0 Å². The number of H-pyrrole nitrogens is 1. The summed E-state index contributed by atoms with van der Waals surface area (Å²) in [7, 11) is 0. The topological polar surface area (TPSA) is 76.0 Å². The van der Waals surface area contributed by atoms with E-state index < -0.39 is 4.92 Å². The third-order valence-electron chi connectivity index (χ3n) is 2.36. The number of hydrogen-bond acceptors (Lipinski definition) is 4. The maximum absolute atomic E-state index is 11.8. The lowest BCUT2D eigenvalue weighted by Crippen LogP contribution is -2.02. The summed E-state index contributed by atoms with van der Waals surface area (Å²) >= 11 is 4.72. The van der Waals surface area contributed by atoms with Gasteiger partial charge in [0.15, 0.2) is 5.78 Å². The minimum Gasteiger partial charge on any atom is -0.353 e. The second kappa shape index (κ2) is 6.03. The Bertz CT molecular complexity index is 610.